The first-order valence-electron chi connectivity index (χ1n) is 5.99. The molecule has 2 rings (SSSR count). The number of ether oxygens (including phenoxy) is 1. The summed E-state index contributed by atoms with van der Waals surface area (Å²) in [6.07, 6.45) is -1.07. The quantitative estimate of drug-likeness (QED) is 0.902. The lowest BCUT2D eigenvalue weighted by Gasteiger charge is -2.40. The third-order valence-electron chi connectivity index (χ3n) is 3.00. The molecule has 1 aromatic heterocycles. The first kappa shape index (κ1) is 14.0. The van der Waals surface area contributed by atoms with Crippen molar-refractivity contribution in [3.05, 3.63) is 16.1 Å². The highest BCUT2D eigenvalue weighted by molar-refractivity contribution is 7.09. The summed E-state index contributed by atoms with van der Waals surface area (Å²) in [7, 11) is 0. The summed E-state index contributed by atoms with van der Waals surface area (Å²) in [6, 6.07) is -0.769. The zero-order valence-electron chi connectivity index (χ0n) is 11.0. The molecule has 1 N–H and O–H groups in total. The number of hydrogen-bond acceptors (Lipinski definition) is 5. The number of thiazole rings is 1. The number of morpholine rings is 1. The highest BCUT2D eigenvalue weighted by Gasteiger charge is 2.44. The van der Waals surface area contributed by atoms with E-state index in [1.807, 2.05) is 20.8 Å². The van der Waals surface area contributed by atoms with Gasteiger partial charge in [0, 0.05) is 11.4 Å². The second kappa shape index (κ2) is 5.26. The number of carboxylic acid groups (broad SMARTS) is 1. The molecule has 2 heterocycles. The molecule has 0 aliphatic carbocycles. The van der Waals surface area contributed by atoms with Gasteiger partial charge in [0.25, 0.3) is 0 Å². The van der Waals surface area contributed by atoms with Gasteiger partial charge in [0.1, 0.15) is 12.6 Å². The van der Waals surface area contributed by atoms with Crippen LogP contribution in [0.3, 0.4) is 0 Å². The van der Waals surface area contributed by atoms with Crippen molar-refractivity contribution in [1.29, 1.82) is 0 Å². The Kier molecular flexibility index (Phi) is 3.86. The maximum absolute atomic E-state index is 12.0. The van der Waals surface area contributed by atoms with Gasteiger partial charge >= 0.3 is 5.97 Å². The third kappa shape index (κ3) is 2.62. The van der Waals surface area contributed by atoms with Crippen molar-refractivity contribution in [2.75, 3.05) is 6.61 Å². The first-order valence-corrected chi connectivity index (χ1v) is 6.87. The molecule has 0 radical (unpaired) electrons. The van der Waals surface area contributed by atoms with Gasteiger partial charge in [-0.05, 0) is 20.8 Å². The Bertz CT molecular complexity index is 500. The van der Waals surface area contributed by atoms with Gasteiger partial charge in [-0.1, -0.05) is 0 Å². The molecule has 7 heteroatoms. The smallest absolute Gasteiger partial charge is 0.335 e. The minimum absolute atomic E-state index is 0.106. The Hall–Kier alpha value is -1.47. The molecule has 0 saturated carbocycles. The monoisotopic (exact) mass is 284 g/mol. The molecule has 1 aliphatic heterocycles. The second-order valence-corrected chi connectivity index (χ2v) is 5.76. The van der Waals surface area contributed by atoms with Crippen LogP contribution in [0.15, 0.2) is 5.38 Å². The Morgan fingerprint density at radius 1 is 1.63 bits per heavy atom. The molecule has 1 aromatic rings. The molecule has 104 valence electrons. The van der Waals surface area contributed by atoms with Crippen molar-refractivity contribution in [3.8, 4) is 0 Å². The van der Waals surface area contributed by atoms with Crippen molar-refractivity contribution in [2.24, 2.45) is 0 Å². The zero-order valence-corrected chi connectivity index (χ0v) is 11.8. The van der Waals surface area contributed by atoms with Gasteiger partial charge in [0.15, 0.2) is 6.10 Å². The molecule has 0 bridgehead atoms. The van der Waals surface area contributed by atoms with Gasteiger partial charge in [-0.15, -0.1) is 11.3 Å². The van der Waals surface area contributed by atoms with Crippen LogP contribution >= 0.6 is 11.3 Å². The number of carbonyl (C=O) groups is 2. The Balaban J connectivity index is 2.43. The molecule has 1 fully saturated rings. The van der Waals surface area contributed by atoms with Crippen molar-refractivity contribution in [2.45, 2.75) is 39.0 Å². The molecule has 1 saturated heterocycles. The minimum Gasteiger partial charge on any atom is -0.479 e. The van der Waals surface area contributed by atoms with Gasteiger partial charge in [-0.3, -0.25) is 4.79 Å². The number of carbonyl (C=O) groups excluding carboxylic acids is 1. The molecule has 2 unspecified atom stereocenters. The number of hydrogen-bond donors (Lipinski definition) is 1. The molecule has 19 heavy (non-hydrogen) atoms. The predicted octanol–water partition coefficient (Wildman–Crippen LogP) is 1.21. The zero-order chi connectivity index (χ0) is 14.2. The van der Waals surface area contributed by atoms with E-state index in [0.717, 1.165) is 5.01 Å². The maximum Gasteiger partial charge on any atom is 0.335 e. The summed E-state index contributed by atoms with van der Waals surface area (Å²) in [5, 5.41) is 11.9. The Morgan fingerprint density at radius 2 is 2.32 bits per heavy atom. The number of rotatable bonds is 3. The third-order valence-corrected chi connectivity index (χ3v) is 3.79. The number of nitrogens with zero attached hydrogens (tertiary/aromatic N) is 2. The summed E-state index contributed by atoms with van der Waals surface area (Å²) >= 11 is 1.43. The molecule has 1 amide bonds. The van der Waals surface area contributed by atoms with E-state index in [9.17, 15) is 14.7 Å². The van der Waals surface area contributed by atoms with Crippen molar-refractivity contribution < 1.29 is 19.4 Å². The lowest BCUT2D eigenvalue weighted by molar-refractivity contribution is -0.175. The summed E-state index contributed by atoms with van der Waals surface area (Å²) < 4.78 is 5.18. The lowest BCUT2D eigenvalue weighted by atomic mass is 10.0. The summed E-state index contributed by atoms with van der Waals surface area (Å²) in [4.78, 5) is 29.2. The van der Waals surface area contributed by atoms with Crippen LogP contribution in [0.5, 0.6) is 0 Å². The molecule has 0 spiro atoms. The minimum atomic E-state index is -1.08. The van der Waals surface area contributed by atoms with Crippen LogP contribution in [0.2, 0.25) is 0 Å². The average Bonchev–Trinajstić information content (AvgIpc) is 2.74. The van der Waals surface area contributed by atoms with E-state index in [2.05, 4.69) is 4.98 Å². The van der Waals surface area contributed by atoms with Crippen LogP contribution in [0.1, 0.15) is 30.6 Å². The van der Waals surface area contributed by atoms with Crippen LogP contribution in [0, 0.1) is 6.92 Å². The molecular formula is C12H16N2O4S. The summed E-state index contributed by atoms with van der Waals surface area (Å²) in [5.74, 6) is -1.28. The van der Waals surface area contributed by atoms with Crippen molar-refractivity contribution in [1.82, 2.24) is 9.88 Å². The number of carboxylic acids is 1. The number of aliphatic carboxylic acids is 1. The first-order chi connectivity index (χ1) is 8.91. The largest absolute Gasteiger partial charge is 0.479 e. The fourth-order valence-corrected chi connectivity index (χ4v) is 2.90. The topological polar surface area (TPSA) is 79.7 Å². The highest BCUT2D eigenvalue weighted by atomic mass is 32.1. The van der Waals surface area contributed by atoms with Crippen molar-refractivity contribution >= 4 is 23.2 Å². The molecular weight excluding hydrogens is 268 g/mol. The van der Waals surface area contributed by atoms with E-state index in [1.54, 1.807) is 10.3 Å². The average molecular weight is 284 g/mol. The standard InChI is InChI=1S/C12H16N2O4S/c1-6(2)14-9(15)4-18-11(12(16)17)10(14)8-5-19-7(3)13-8/h5-6,10-11H,4H2,1-3H3,(H,16,17). The normalized spacial score (nSPS) is 24.0. The predicted molar refractivity (Wildman–Crippen MR) is 68.9 cm³/mol. The van der Waals surface area contributed by atoms with E-state index < -0.39 is 18.1 Å². The van der Waals surface area contributed by atoms with E-state index in [4.69, 9.17) is 4.74 Å². The number of aromatic nitrogens is 1. The van der Waals surface area contributed by atoms with Crippen LogP contribution < -0.4 is 0 Å². The second-order valence-electron chi connectivity index (χ2n) is 4.70. The van der Waals surface area contributed by atoms with Gasteiger partial charge in [0.2, 0.25) is 5.91 Å². The molecule has 6 nitrogen and oxygen atoms in total. The van der Waals surface area contributed by atoms with Crippen LogP contribution in [0.25, 0.3) is 0 Å². The SMILES string of the molecule is Cc1nc(C2C(C(=O)O)OCC(=O)N2C(C)C)cs1. The lowest BCUT2D eigenvalue weighted by Crippen LogP contribution is -2.54. The van der Waals surface area contributed by atoms with Crippen LogP contribution in [-0.4, -0.2) is 45.6 Å². The summed E-state index contributed by atoms with van der Waals surface area (Å²) in [6.45, 7) is 5.35. The maximum atomic E-state index is 12.0. The van der Waals surface area contributed by atoms with Gasteiger partial charge in [-0.2, -0.15) is 0 Å². The highest BCUT2D eigenvalue weighted by Crippen LogP contribution is 2.32. The van der Waals surface area contributed by atoms with Gasteiger partial charge in [-0.25, -0.2) is 9.78 Å². The fraction of sp³-hybridized carbons (Fsp3) is 0.583. The molecule has 0 aromatic carbocycles. The summed E-state index contributed by atoms with van der Waals surface area (Å²) in [5.41, 5.74) is 0.580. The molecule has 2 atom stereocenters. The molecule has 1 aliphatic rings. The van der Waals surface area contributed by atoms with Crippen LogP contribution in [0.4, 0.5) is 0 Å². The number of aryl methyl sites for hydroxylation is 1. The van der Waals surface area contributed by atoms with E-state index in [1.165, 1.54) is 11.3 Å². The number of amides is 1. The van der Waals surface area contributed by atoms with Gasteiger partial charge < -0.3 is 14.7 Å². The van der Waals surface area contributed by atoms with Crippen molar-refractivity contribution in [3.63, 3.8) is 0 Å². The Labute approximate surface area is 115 Å². The van der Waals surface area contributed by atoms with E-state index >= 15 is 0 Å². The van der Waals surface area contributed by atoms with Crippen LogP contribution in [-0.2, 0) is 14.3 Å². The Morgan fingerprint density at radius 3 is 2.79 bits per heavy atom. The van der Waals surface area contributed by atoms with E-state index in [-0.39, 0.29) is 18.6 Å². The van der Waals surface area contributed by atoms with E-state index in [0.29, 0.717) is 5.69 Å². The fourth-order valence-electron chi connectivity index (χ4n) is 2.26. The van der Waals surface area contributed by atoms with Gasteiger partial charge in [0.05, 0.1) is 10.7 Å².